The number of carbonyl (C=O) groups is 1. The second-order valence-electron chi connectivity index (χ2n) is 4.95. The molecule has 4 rings (SSSR count). The van der Waals surface area contributed by atoms with Gasteiger partial charge in [0.25, 0.3) is 5.91 Å². The molecule has 0 aliphatic rings. The normalized spacial score (nSPS) is 10.9. The van der Waals surface area contributed by atoms with E-state index in [-0.39, 0.29) is 11.5 Å². The van der Waals surface area contributed by atoms with Crippen LogP contribution in [-0.4, -0.2) is 25.3 Å². The van der Waals surface area contributed by atoms with Crippen molar-refractivity contribution in [1.82, 2.24) is 19.4 Å². The monoisotopic (exact) mass is 323 g/mol. The second kappa shape index (κ2) is 5.58. The number of carbonyl (C=O) groups excluding carboxylic acids is 1. The van der Waals surface area contributed by atoms with Crippen molar-refractivity contribution in [2.24, 2.45) is 0 Å². The van der Waals surface area contributed by atoms with Crippen molar-refractivity contribution in [3.63, 3.8) is 0 Å². The summed E-state index contributed by atoms with van der Waals surface area (Å²) in [5.41, 5.74) is 1.52. The maximum atomic E-state index is 13.1. The molecule has 1 amide bonds. The molecular formula is C16H10FN5O2. The third-order valence-electron chi connectivity index (χ3n) is 3.32. The largest absolute Gasteiger partial charge is 0.444 e. The lowest BCUT2D eigenvalue weighted by atomic mass is 10.3. The summed E-state index contributed by atoms with van der Waals surface area (Å²) in [6.07, 6.45) is 6.36. The van der Waals surface area contributed by atoms with E-state index in [1.54, 1.807) is 35.1 Å². The molecule has 24 heavy (non-hydrogen) atoms. The smallest absolute Gasteiger partial charge is 0.277 e. The molecule has 0 aliphatic heterocycles. The number of halogens is 1. The molecule has 4 aromatic rings. The van der Waals surface area contributed by atoms with Gasteiger partial charge < -0.3 is 14.1 Å². The van der Waals surface area contributed by atoms with Crippen LogP contribution in [0.2, 0.25) is 0 Å². The van der Waals surface area contributed by atoms with E-state index in [4.69, 9.17) is 4.42 Å². The van der Waals surface area contributed by atoms with Gasteiger partial charge in [-0.25, -0.2) is 15.0 Å². The van der Waals surface area contributed by atoms with Crippen LogP contribution in [0.15, 0.2) is 59.6 Å². The van der Waals surface area contributed by atoms with Crippen molar-refractivity contribution >= 4 is 17.4 Å². The Labute approximate surface area is 134 Å². The van der Waals surface area contributed by atoms with Crippen LogP contribution in [0.5, 0.6) is 0 Å². The summed E-state index contributed by atoms with van der Waals surface area (Å²) in [4.78, 5) is 24.1. The minimum absolute atomic E-state index is 0.123. The highest BCUT2D eigenvalue weighted by Gasteiger charge is 2.13. The highest BCUT2D eigenvalue weighted by Crippen LogP contribution is 2.18. The third-order valence-corrected chi connectivity index (χ3v) is 3.32. The average molecular weight is 323 g/mol. The van der Waals surface area contributed by atoms with Gasteiger partial charge in [-0.1, -0.05) is 6.07 Å². The van der Waals surface area contributed by atoms with Gasteiger partial charge in [0.15, 0.2) is 0 Å². The summed E-state index contributed by atoms with van der Waals surface area (Å²) in [6, 6.07) is 7.70. The zero-order valence-corrected chi connectivity index (χ0v) is 12.2. The van der Waals surface area contributed by atoms with Gasteiger partial charge in [0.05, 0.1) is 11.8 Å². The van der Waals surface area contributed by atoms with Crippen LogP contribution in [0.25, 0.3) is 17.1 Å². The molecule has 1 N–H and O–H groups in total. The first kappa shape index (κ1) is 14.1. The first-order valence-corrected chi connectivity index (χ1v) is 7.01. The number of amides is 1. The Bertz CT molecular complexity index is 1030. The lowest BCUT2D eigenvalue weighted by Gasteiger charge is -2.01. The highest BCUT2D eigenvalue weighted by atomic mass is 19.1. The van der Waals surface area contributed by atoms with Crippen LogP contribution in [-0.2, 0) is 0 Å². The Hall–Kier alpha value is -3.55. The molecular weight excluding hydrogens is 313 g/mol. The van der Waals surface area contributed by atoms with Crippen LogP contribution in [0.1, 0.15) is 10.5 Å². The van der Waals surface area contributed by atoms with Crippen LogP contribution < -0.4 is 5.32 Å². The van der Waals surface area contributed by atoms with Crippen LogP contribution in [0, 0.1) is 5.95 Å². The van der Waals surface area contributed by atoms with Gasteiger partial charge in [-0.05, 0) is 24.3 Å². The molecule has 0 aromatic carbocycles. The van der Waals surface area contributed by atoms with E-state index in [9.17, 15) is 9.18 Å². The maximum absolute atomic E-state index is 13.1. The van der Waals surface area contributed by atoms with E-state index in [2.05, 4.69) is 20.3 Å². The fourth-order valence-electron chi connectivity index (χ4n) is 2.25. The van der Waals surface area contributed by atoms with Gasteiger partial charge in [0, 0.05) is 12.4 Å². The number of nitrogens with one attached hydrogen (secondary N) is 1. The van der Waals surface area contributed by atoms with Gasteiger partial charge in [0.1, 0.15) is 23.4 Å². The number of aromatic nitrogens is 4. The molecule has 0 atom stereocenters. The number of nitrogens with zero attached hydrogens (tertiary/aromatic N) is 4. The molecule has 0 spiro atoms. The molecule has 7 nitrogen and oxygen atoms in total. The fraction of sp³-hybridized carbons (Fsp3) is 0. The lowest BCUT2D eigenvalue weighted by Crippen LogP contribution is -2.13. The summed E-state index contributed by atoms with van der Waals surface area (Å²) in [7, 11) is 0. The lowest BCUT2D eigenvalue weighted by molar-refractivity contribution is 0.102. The third kappa shape index (κ3) is 2.60. The number of anilines is 1. The predicted molar refractivity (Wildman–Crippen MR) is 82.8 cm³/mol. The summed E-state index contributed by atoms with van der Waals surface area (Å²) in [5.74, 6) is -0.550. The second-order valence-corrected chi connectivity index (χ2v) is 4.95. The van der Waals surface area contributed by atoms with Crippen molar-refractivity contribution in [1.29, 1.82) is 0 Å². The maximum Gasteiger partial charge on any atom is 0.277 e. The highest BCUT2D eigenvalue weighted by molar-refractivity contribution is 6.02. The minimum Gasteiger partial charge on any atom is -0.444 e. The molecule has 0 bridgehead atoms. The van der Waals surface area contributed by atoms with Crippen LogP contribution in [0.4, 0.5) is 10.2 Å². The average Bonchev–Trinajstić information content (AvgIpc) is 3.23. The van der Waals surface area contributed by atoms with E-state index < -0.39 is 11.9 Å². The number of rotatable bonds is 3. The summed E-state index contributed by atoms with van der Waals surface area (Å²) >= 11 is 0. The number of pyridine rings is 2. The quantitative estimate of drug-likeness (QED) is 0.586. The zero-order chi connectivity index (χ0) is 16.5. The Morgan fingerprint density at radius 1 is 1.17 bits per heavy atom. The van der Waals surface area contributed by atoms with Crippen molar-refractivity contribution in [3.8, 4) is 11.5 Å². The molecule has 8 heteroatoms. The molecule has 0 aliphatic carbocycles. The molecule has 4 aromatic heterocycles. The summed E-state index contributed by atoms with van der Waals surface area (Å²) in [6.45, 7) is 0. The Morgan fingerprint density at radius 3 is 2.88 bits per heavy atom. The molecule has 118 valence electrons. The first-order valence-electron chi connectivity index (χ1n) is 7.01. The Kier molecular flexibility index (Phi) is 3.27. The molecule has 0 fully saturated rings. The molecule has 0 radical (unpaired) electrons. The summed E-state index contributed by atoms with van der Waals surface area (Å²) < 4.78 is 20.0. The number of hydrogen-bond acceptors (Lipinski definition) is 5. The van der Waals surface area contributed by atoms with E-state index in [1.165, 1.54) is 24.5 Å². The van der Waals surface area contributed by atoms with Gasteiger partial charge in [-0.15, -0.1) is 0 Å². The number of hydrogen-bond donors (Lipinski definition) is 1. The number of imidazole rings is 1. The molecule has 0 unspecified atom stereocenters. The van der Waals surface area contributed by atoms with Crippen LogP contribution >= 0.6 is 0 Å². The van der Waals surface area contributed by atoms with Gasteiger partial charge in [-0.3, -0.25) is 4.79 Å². The Balaban J connectivity index is 1.63. The first-order chi connectivity index (χ1) is 11.7. The molecule has 0 saturated carbocycles. The van der Waals surface area contributed by atoms with Gasteiger partial charge >= 0.3 is 0 Å². The van der Waals surface area contributed by atoms with E-state index in [0.717, 1.165) is 5.56 Å². The fourth-order valence-corrected chi connectivity index (χ4v) is 2.25. The van der Waals surface area contributed by atoms with Gasteiger partial charge in [-0.2, -0.15) is 4.39 Å². The number of fused-ring (bicyclic) bond motifs is 1. The zero-order valence-electron chi connectivity index (χ0n) is 12.2. The van der Waals surface area contributed by atoms with E-state index in [1.807, 2.05) is 0 Å². The standard InChI is InChI=1S/C16H10FN5O2/c17-12-2-1-3-13(20-12)21-15(23)11-9-22-8-10(4-5-14(22)19-11)16-18-6-7-24-16/h1-9H,(H,20,21,23). The van der Waals surface area contributed by atoms with Crippen molar-refractivity contribution in [3.05, 3.63) is 66.8 Å². The minimum atomic E-state index is -0.668. The van der Waals surface area contributed by atoms with Crippen molar-refractivity contribution in [2.45, 2.75) is 0 Å². The van der Waals surface area contributed by atoms with Crippen molar-refractivity contribution in [2.75, 3.05) is 5.32 Å². The van der Waals surface area contributed by atoms with E-state index in [0.29, 0.717) is 11.5 Å². The Morgan fingerprint density at radius 2 is 2.08 bits per heavy atom. The SMILES string of the molecule is O=C(Nc1cccc(F)n1)c1cn2cc(-c3ncco3)ccc2n1. The predicted octanol–water partition coefficient (Wildman–Crippen LogP) is 2.78. The molecule has 0 saturated heterocycles. The number of oxazole rings is 1. The van der Waals surface area contributed by atoms with Crippen LogP contribution in [0.3, 0.4) is 0 Å². The topological polar surface area (TPSA) is 85.3 Å². The van der Waals surface area contributed by atoms with Crippen molar-refractivity contribution < 1.29 is 13.6 Å². The van der Waals surface area contributed by atoms with E-state index >= 15 is 0 Å². The van der Waals surface area contributed by atoms with Gasteiger partial charge in [0.2, 0.25) is 11.8 Å². The molecule has 4 heterocycles. The summed E-state index contributed by atoms with van der Waals surface area (Å²) in [5, 5.41) is 2.51.